The number of aryl methyl sites for hydroxylation is 1. The standard InChI is InChI=1S/C13H17ClN2O3S/c1-9-7-11(14)4-5-12(9)20(18,19)16-6-2-3-10(8-16)13(15)17/h4-5,7,10H,2-3,6,8H2,1H3,(H2,15,17)/t10-/m0/s1. The van der Waals surface area contributed by atoms with Gasteiger partial charge >= 0.3 is 0 Å². The monoisotopic (exact) mass is 316 g/mol. The van der Waals surface area contributed by atoms with Crippen molar-refractivity contribution in [2.24, 2.45) is 11.7 Å². The van der Waals surface area contributed by atoms with Crippen LogP contribution >= 0.6 is 11.6 Å². The average molecular weight is 317 g/mol. The van der Waals surface area contributed by atoms with Crippen LogP contribution in [0.1, 0.15) is 18.4 Å². The third kappa shape index (κ3) is 2.97. The number of primary amides is 1. The molecule has 1 heterocycles. The van der Waals surface area contributed by atoms with Crippen molar-refractivity contribution in [2.75, 3.05) is 13.1 Å². The molecule has 110 valence electrons. The van der Waals surface area contributed by atoms with Gasteiger partial charge in [-0.25, -0.2) is 8.42 Å². The van der Waals surface area contributed by atoms with Crippen LogP contribution in [-0.2, 0) is 14.8 Å². The molecule has 20 heavy (non-hydrogen) atoms. The van der Waals surface area contributed by atoms with Gasteiger partial charge in [-0.3, -0.25) is 4.79 Å². The van der Waals surface area contributed by atoms with Crippen LogP contribution in [0.5, 0.6) is 0 Å². The van der Waals surface area contributed by atoms with Crippen LogP contribution in [0.3, 0.4) is 0 Å². The number of piperidine rings is 1. The number of benzene rings is 1. The predicted octanol–water partition coefficient (Wildman–Crippen LogP) is 1.53. The van der Waals surface area contributed by atoms with Crippen LogP contribution in [0.15, 0.2) is 23.1 Å². The first-order chi connectivity index (χ1) is 9.32. The Morgan fingerprint density at radius 1 is 1.45 bits per heavy atom. The smallest absolute Gasteiger partial charge is 0.243 e. The van der Waals surface area contributed by atoms with Crippen molar-refractivity contribution in [1.29, 1.82) is 0 Å². The Morgan fingerprint density at radius 3 is 2.75 bits per heavy atom. The van der Waals surface area contributed by atoms with E-state index in [9.17, 15) is 13.2 Å². The van der Waals surface area contributed by atoms with Crippen LogP contribution in [0.25, 0.3) is 0 Å². The van der Waals surface area contributed by atoms with Crippen LogP contribution < -0.4 is 5.73 Å². The number of hydrogen-bond donors (Lipinski definition) is 1. The van der Waals surface area contributed by atoms with Crippen LogP contribution in [0.4, 0.5) is 0 Å². The zero-order chi connectivity index (χ0) is 14.9. The minimum Gasteiger partial charge on any atom is -0.369 e. The van der Waals surface area contributed by atoms with E-state index in [4.69, 9.17) is 17.3 Å². The third-order valence-electron chi connectivity index (χ3n) is 3.54. The van der Waals surface area contributed by atoms with Crippen molar-refractivity contribution in [1.82, 2.24) is 4.31 Å². The highest BCUT2D eigenvalue weighted by Crippen LogP contribution is 2.27. The number of carbonyl (C=O) groups is 1. The van der Waals surface area contributed by atoms with Gasteiger partial charge in [0.1, 0.15) is 0 Å². The van der Waals surface area contributed by atoms with Crippen LogP contribution in [-0.4, -0.2) is 31.7 Å². The Labute approximate surface area is 123 Å². The summed E-state index contributed by atoms with van der Waals surface area (Å²) in [6.07, 6.45) is 1.28. The number of amides is 1. The maximum Gasteiger partial charge on any atom is 0.243 e. The van der Waals surface area contributed by atoms with Crippen molar-refractivity contribution in [2.45, 2.75) is 24.7 Å². The highest BCUT2D eigenvalue weighted by Gasteiger charge is 2.33. The Morgan fingerprint density at radius 2 is 2.15 bits per heavy atom. The van der Waals surface area contributed by atoms with E-state index in [1.54, 1.807) is 19.1 Å². The molecule has 0 aliphatic carbocycles. The van der Waals surface area contributed by atoms with Gasteiger partial charge in [0, 0.05) is 18.1 Å². The molecule has 0 radical (unpaired) electrons. The van der Waals surface area contributed by atoms with Crippen molar-refractivity contribution in [3.8, 4) is 0 Å². The summed E-state index contributed by atoms with van der Waals surface area (Å²) in [6.45, 7) is 2.27. The van der Waals surface area contributed by atoms with Gasteiger partial charge < -0.3 is 5.73 Å². The maximum atomic E-state index is 12.6. The van der Waals surface area contributed by atoms with Crippen molar-refractivity contribution in [3.63, 3.8) is 0 Å². The first-order valence-electron chi connectivity index (χ1n) is 6.38. The van der Waals surface area contributed by atoms with E-state index in [0.717, 1.165) is 0 Å². The molecular weight excluding hydrogens is 300 g/mol. The Bertz CT molecular complexity index is 631. The molecule has 7 heteroatoms. The van der Waals surface area contributed by atoms with Gasteiger partial charge in [0.2, 0.25) is 15.9 Å². The van der Waals surface area contributed by atoms with Gasteiger partial charge in [0.15, 0.2) is 0 Å². The fourth-order valence-corrected chi connectivity index (χ4v) is 4.39. The number of halogens is 1. The van der Waals surface area contributed by atoms with Gasteiger partial charge in [0.25, 0.3) is 0 Å². The largest absolute Gasteiger partial charge is 0.369 e. The molecule has 1 atom stereocenters. The lowest BCUT2D eigenvalue weighted by atomic mass is 9.99. The fourth-order valence-electron chi connectivity index (χ4n) is 2.43. The first kappa shape index (κ1) is 15.3. The summed E-state index contributed by atoms with van der Waals surface area (Å²) in [5.41, 5.74) is 5.88. The number of sulfonamides is 1. The predicted molar refractivity (Wildman–Crippen MR) is 76.9 cm³/mol. The highest BCUT2D eigenvalue weighted by atomic mass is 35.5. The van der Waals surface area contributed by atoms with E-state index in [1.807, 2.05) is 0 Å². The second-order valence-electron chi connectivity index (χ2n) is 5.01. The third-order valence-corrected chi connectivity index (χ3v) is 5.80. The minimum absolute atomic E-state index is 0.153. The second kappa shape index (κ2) is 5.71. The van der Waals surface area contributed by atoms with E-state index < -0.39 is 21.8 Å². The van der Waals surface area contributed by atoms with Crippen molar-refractivity contribution >= 4 is 27.5 Å². The lowest BCUT2D eigenvalue weighted by Gasteiger charge is -2.30. The molecule has 0 saturated carbocycles. The topological polar surface area (TPSA) is 80.5 Å². The van der Waals surface area contributed by atoms with E-state index in [0.29, 0.717) is 30.0 Å². The van der Waals surface area contributed by atoms with Crippen molar-refractivity contribution in [3.05, 3.63) is 28.8 Å². The number of hydrogen-bond acceptors (Lipinski definition) is 3. The molecule has 1 fully saturated rings. The number of carbonyl (C=O) groups excluding carboxylic acids is 1. The number of nitrogens with zero attached hydrogens (tertiary/aromatic N) is 1. The number of rotatable bonds is 3. The Balaban J connectivity index is 2.32. The van der Waals surface area contributed by atoms with E-state index in [-0.39, 0.29) is 11.4 Å². The molecule has 5 nitrogen and oxygen atoms in total. The Kier molecular flexibility index (Phi) is 4.36. The minimum atomic E-state index is -3.61. The second-order valence-corrected chi connectivity index (χ2v) is 7.36. The fraction of sp³-hybridized carbons (Fsp3) is 0.462. The molecule has 1 aromatic rings. The molecule has 1 saturated heterocycles. The molecule has 1 aliphatic heterocycles. The summed E-state index contributed by atoms with van der Waals surface area (Å²) in [5, 5.41) is 0.495. The summed E-state index contributed by atoms with van der Waals surface area (Å²) in [7, 11) is -3.61. The lowest BCUT2D eigenvalue weighted by Crippen LogP contribution is -2.44. The molecule has 0 unspecified atom stereocenters. The van der Waals surface area contributed by atoms with E-state index >= 15 is 0 Å². The molecule has 1 amide bonds. The van der Waals surface area contributed by atoms with Gasteiger partial charge in [0.05, 0.1) is 10.8 Å². The summed E-state index contributed by atoms with van der Waals surface area (Å²) < 4.78 is 26.6. The van der Waals surface area contributed by atoms with Gasteiger partial charge in [-0.15, -0.1) is 0 Å². The van der Waals surface area contributed by atoms with Gasteiger partial charge in [-0.1, -0.05) is 11.6 Å². The molecular formula is C13H17ClN2O3S. The number of nitrogens with two attached hydrogens (primary N) is 1. The van der Waals surface area contributed by atoms with E-state index in [2.05, 4.69) is 0 Å². The summed E-state index contributed by atoms with van der Waals surface area (Å²) in [5.74, 6) is -0.858. The zero-order valence-electron chi connectivity index (χ0n) is 11.2. The normalized spacial score (nSPS) is 20.8. The highest BCUT2D eigenvalue weighted by molar-refractivity contribution is 7.89. The molecule has 0 spiro atoms. The molecule has 0 bridgehead atoms. The van der Waals surface area contributed by atoms with E-state index in [1.165, 1.54) is 10.4 Å². The molecule has 2 rings (SSSR count). The molecule has 1 aromatic carbocycles. The SMILES string of the molecule is Cc1cc(Cl)ccc1S(=O)(=O)N1CCC[C@H](C(N)=O)C1. The first-order valence-corrected chi connectivity index (χ1v) is 8.20. The molecule has 1 aliphatic rings. The van der Waals surface area contributed by atoms with Crippen molar-refractivity contribution < 1.29 is 13.2 Å². The van der Waals surface area contributed by atoms with Gasteiger partial charge in [-0.05, 0) is 43.5 Å². The lowest BCUT2D eigenvalue weighted by molar-refractivity contribution is -0.122. The summed E-state index contributed by atoms with van der Waals surface area (Å²) >= 11 is 5.85. The Hall–Kier alpha value is -1.11. The van der Waals surface area contributed by atoms with Crippen LogP contribution in [0.2, 0.25) is 5.02 Å². The average Bonchev–Trinajstić information content (AvgIpc) is 2.38. The zero-order valence-corrected chi connectivity index (χ0v) is 12.7. The van der Waals surface area contributed by atoms with Crippen LogP contribution in [0, 0.1) is 12.8 Å². The maximum absolute atomic E-state index is 12.6. The summed E-state index contributed by atoms with van der Waals surface area (Å²) in [6, 6.07) is 4.67. The quantitative estimate of drug-likeness (QED) is 0.918. The molecule has 0 aromatic heterocycles. The summed E-state index contributed by atoms with van der Waals surface area (Å²) in [4.78, 5) is 11.5. The van der Waals surface area contributed by atoms with Gasteiger partial charge in [-0.2, -0.15) is 4.31 Å². The molecule has 2 N–H and O–H groups in total.